The van der Waals surface area contributed by atoms with E-state index < -0.39 is 0 Å². The van der Waals surface area contributed by atoms with Gasteiger partial charge < -0.3 is 4.90 Å². The van der Waals surface area contributed by atoms with Crippen LogP contribution < -0.4 is 4.90 Å². The van der Waals surface area contributed by atoms with Crippen molar-refractivity contribution in [3.63, 3.8) is 0 Å². The highest BCUT2D eigenvalue weighted by Gasteiger charge is 2.28. The van der Waals surface area contributed by atoms with Gasteiger partial charge in [0.05, 0.1) is 11.3 Å². The molecule has 2 nitrogen and oxygen atoms in total. The number of rotatable bonds is 2. The van der Waals surface area contributed by atoms with Gasteiger partial charge in [-0.15, -0.1) is 11.3 Å². The number of thiophene rings is 1. The maximum absolute atomic E-state index is 10.2. The van der Waals surface area contributed by atoms with E-state index in [4.69, 9.17) is 0 Å². The molecule has 1 aliphatic carbocycles. The first-order valence-corrected chi connectivity index (χ1v) is 11.1. The zero-order valence-electron chi connectivity index (χ0n) is 16.3. The van der Waals surface area contributed by atoms with E-state index in [0.717, 1.165) is 37.2 Å². The number of fused-ring (bicyclic) bond motifs is 3. The molecule has 0 unspecified atom stereocenters. The first-order valence-electron chi connectivity index (χ1n) is 10.2. The zero-order chi connectivity index (χ0) is 19.1. The molecule has 28 heavy (non-hydrogen) atoms. The Hall–Kier alpha value is -2.57. The Morgan fingerprint density at radius 1 is 0.964 bits per heavy atom. The minimum absolute atomic E-state index is 0.882. The summed E-state index contributed by atoms with van der Waals surface area (Å²) in [5, 5.41) is 12.4. The predicted octanol–water partition coefficient (Wildman–Crippen LogP) is 6.35. The summed E-state index contributed by atoms with van der Waals surface area (Å²) in [6.45, 7) is 4.24. The van der Waals surface area contributed by atoms with Crippen LogP contribution in [0, 0.1) is 18.3 Å². The smallest absolute Gasteiger partial charge is 0.102 e. The molecule has 2 aromatic carbocycles. The van der Waals surface area contributed by atoms with Crippen LogP contribution in [0.2, 0.25) is 0 Å². The molecule has 0 spiro atoms. The van der Waals surface area contributed by atoms with Crippen LogP contribution in [0.4, 0.5) is 5.69 Å². The average molecular weight is 385 g/mol. The quantitative estimate of drug-likeness (QED) is 0.515. The Labute approximate surface area is 171 Å². The molecule has 1 aromatic heterocycles. The normalized spacial score (nSPS) is 15.6. The highest BCUT2D eigenvalue weighted by atomic mass is 32.1. The Morgan fingerprint density at radius 2 is 1.75 bits per heavy atom. The second kappa shape index (κ2) is 7.11. The molecule has 0 radical (unpaired) electrons. The fraction of sp³-hybridized carbons (Fsp3) is 0.320. The van der Waals surface area contributed by atoms with Gasteiger partial charge in [0, 0.05) is 23.5 Å². The van der Waals surface area contributed by atoms with Crippen LogP contribution in [0.25, 0.3) is 22.3 Å². The molecule has 3 aromatic rings. The summed E-state index contributed by atoms with van der Waals surface area (Å²) in [6, 6.07) is 16.0. The fourth-order valence-electron chi connectivity index (χ4n) is 4.75. The molecule has 0 bridgehead atoms. The molecule has 2 heterocycles. The minimum atomic E-state index is 0.882. The van der Waals surface area contributed by atoms with Gasteiger partial charge in [0.1, 0.15) is 6.07 Å². The van der Waals surface area contributed by atoms with Crippen LogP contribution in [0.5, 0.6) is 0 Å². The van der Waals surface area contributed by atoms with Crippen molar-refractivity contribution in [1.82, 2.24) is 0 Å². The van der Waals surface area contributed by atoms with Crippen molar-refractivity contribution in [1.29, 1.82) is 5.26 Å². The monoisotopic (exact) mass is 384 g/mol. The largest absolute Gasteiger partial charge is 0.370 e. The third-order valence-electron chi connectivity index (χ3n) is 6.20. The van der Waals surface area contributed by atoms with Crippen molar-refractivity contribution in [2.75, 3.05) is 18.0 Å². The number of piperidine rings is 1. The van der Waals surface area contributed by atoms with Gasteiger partial charge in [-0.05, 0) is 78.8 Å². The van der Waals surface area contributed by atoms with Gasteiger partial charge in [-0.3, -0.25) is 0 Å². The van der Waals surface area contributed by atoms with Gasteiger partial charge in [0.25, 0.3) is 0 Å². The summed E-state index contributed by atoms with van der Waals surface area (Å²) in [7, 11) is 0. The molecule has 1 saturated heterocycles. The van der Waals surface area contributed by atoms with E-state index in [1.54, 1.807) is 0 Å². The number of nitrogens with zero attached hydrogens (tertiary/aromatic N) is 2. The SMILES string of the molecule is Cc1ccc(-c2cc(N3CCCCC3)c(C#N)c3c2CCc2sccc2-3)cc1. The summed E-state index contributed by atoms with van der Waals surface area (Å²) >= 11 is 1.83. The number of benzene rings is 2. The van der Waals surface area contributed by atoms with E-state index in [0.29, 0.717) is 0 Å². The van der Waals surface area contributed by atoms with Crippen LogP contribution >= 0.6 is 11.3 Å². The molecule has 0 atom stereocenters. The molecule has 1 aliphatic heterocycles. The summed E-state index contributed by atoms with van der Waals surface area (Å²) in [4.78, 5) is 3.87. The van der Waals surface area contributed by atoms with Crippen LogP contribution in [-0.4, -0.2) is 13.1 Å². The van der Waals surface area contributed by atoms with E-state index in [-0.39, 0.29) is 0 Å². The van der Waals surface area contributed by atoms with Gasteiger partial charge in [-0.25, -0.2) is 0 Å². The Kier molecular flexibility index (Phi) is 4.45. The Morgan fingerprint density at radius 3 is 2.50 bits per heavy atom. The summed E-state index contributed by atoms with van der Waals surface area (Å²) < 4.78 is 0. The zero-order valence-corrected chi connectivity index (χ0v) is 17.1. The van der Waals surface area contributed by atoms with Crippen molar-refractivity contribution < 1.29 is 0 Å². The predicted molar refractivity (Wildman–Crippen MR) is 118 cm³/mol. The molecule has 5 rings (SSSR count). The lowest BCUT2D eigenvalue weighted by atomic mass is 9.81. The van der Waals surface area contributed by atoms with Crippen molar-refractivity contribution in [3.05, 3.63) is 63.3 Å². The molecular formula is C25H24N2S. The summed E-state index contributed by atoms with van der Waals surface area (Å²) in [5.74, 6) is 0. The standard InChI is InChI=1S/C25H24N2S/c1-17-5-7-18(8-6-17)21-15-23(27-12-3-2-4-13-27)22(16-26)25-19(21)9-10-24-20(25)11-14-28-24/h5-8,11,14-15H,2-4,9-10,12-13H2,1H3. The van der Waals surface area contributed by atoms with Gasteiger partial charge in [-0.1, -0.05) is 29.8 Å². The molecular weight excluding hydrogens is 360 g/mol. The van der Waals surface area contributed by atoms with Gasteiger partial charge in [0.2, 0.25) is 0 Å². The maximum atomic E-state index is 10.2. The highest BCUT2D eigenvalue weighted by molar-refractivity contribution is 7.10. The lowest BCUT2D eigenvalue weighted by Crippen LogP contribution is -2.30. The molecule has 2 aliphatic rings. The molecule has 3 heteroatoms. The van der Waals surface area contributed by atoms with E-state index in [1.165, 1.54) is 57.5 Å². The third-order valence-corrected chi connectivity index (χ3v) is 7.18. The van der Waals surface area contributed by atoms with Gasteiger partial charge in [0.15, 0.2) is 0 Å². The van der Waals surface area contributed by atoms with E-state index in [2.05, 4.69) is 59.7 Å². The molecule has 1 fully saturated rings. The van der Waals surface area contributed by atoms with Crippen LogP contribution in [-0.2, 0) is 12.8 Å². The average Bonchev–Trinajstić information content (AvgIpc) is 3.23. The van der Waals surface area contributed by atoms with Crippen LogP contribution in [0.3, 0.4) is 0 Å². The molecule has 140 valence electrons. The number of anilines is 1. The highest BCUT2D eigenvalue weighted by Crippen LogP contribution is 2.46. The van der Waals surface area contributed by atoms with E-state index in [9.17, 15) is 5.26 Å². The van der Waals surface area contributed by atoms with Crippen molar-refractivity contribution >= 4 is 17.0 Å². The van der Waals surface area contributed by atoms with Crippen molar-refractivity contribution in [2.45, 2.75) is 39.0 Å². The number of nitriles is 1. The first-order chi connectivity index (χ1) is 13.8. The molecule has 0 amide bonds. The third kappa shape index (κ3) is 2.84. The summed E-state index contributed by atoms with van der Waals surface area (Å²) in [5.41, 5.74) is 9.71. The second-order valence-corrected chi connectivity index (χ2v) is 8.96. The van der Waals surface area contributed by atoms with Crippen LogP contribution in [0.1, 0.15) is 40.8 Å². The Balaban J connectivity index is 1.79. The fourth-order valence-corrected chi connectivity index (χ4v) is 5.64. The lowest BCUT2D eigenvalue weighted by Gasteiger charge is -2.32. The minimum Gasteiger partial charge on any atom is -0.370 e. The summed E-state index contributed by atoms with van der Waals surface area (Å²) in [6.07, 6.45) is 5.81. The Bertz CT molecular complexity index is 1060. The topological polar surface area (TPSA) is 27.0 Å². The van der Waals surface area contributed by atoms with Crippen LogP contribution in [0.15, 0.2) is 41.8 Å². The lowest BCUT2D eigenvalue weighted by molar-refractivity contribution is 0.577. The van der Waals surface area contributed by atoms with Crippen molar-refractivity contribution in [2.24, 2.45) is 0 Å². The molecule has 0 saturated carbocycles. The van der Waals surface area contributed by atoms with Gasteiger partial charge >= 0.3 is 0 Å². The number of aryl methyl sites for hydroxylation is 2. The number of hydrogen-bond acceptors (Lipinski definition) is 3. The van der Waals surface area contributed by atoms with Crippen molar-refractivity contribution in [3.8, 4) is 28.3 Å². The molecule has 0 N–H and O–H groups in total. The van der Waals surface area contributed by atoms with Gasteiger partial charge in [-0.2, -0.15) is 5.26 Å². The van der Waals surface area contributed by atoms with E-state index in [1.807, 2.05) is 11.3 Å². The second-order valence-electron chi connectivity index (χ2n) is 7.95. The maximum Gasteiger partial charge on any atom is 0.102 e. The number of hydrogen-bond donors (Lipinski definition) is 0. The van der Waals surface area contributed by atoms with E-state index >= 15 is 0 Å². The first kappa shape index (κ1) is 17.5.